The fraction of sp³-hybridized carbons (Fsp3) is 0.308. The number of nitrogens with zero attached hydrogens (tertiary/aromatic N) is 5. The van der Waals surface area contributed by atoms with Gasteiger partial charge >= 0.3 is 5.97 Å². The van der Waals surface area contributed by atoms with Gasteiger partial charge < -0.3 is 19.7 Å². The lowest BCUT2D eigenvalue weighted by molar-refractivity contribution is -0.143. The number of aromatic nitrogens is 6. The third kappa shape index (κ3) is 6.81. The summed E-state index contributed by atoms with van der Waals surface area (Å²) >= 11 is 6.48. The zero-order valence-corrected chi connectivity index (χ0v) is 21.6. The van der Waals surface area contributed by atoms with Crippen molar-refractivity contribution < 1.29 is 19.4 Å². The van der Waals surface area contributed by atoms with Gasteiger partial charge in [0.15, 0.2) is 5.15 Å². The molecule has 12 heteroatoms. The van der Waals surface area contributed by atoms with Crippen LogP contribution in [0.3, 0.4) is 0 Å². The molecule has 4 rings (SSSR count). The number of aryl methyl sites for hydroxylation is 1. The molecule has 0 aliphatic carbocycles. The highest BCUT2D eigenvalue weighted by Gasteiger charge is 2.17. The van der Waals surface area contributed by atoms with Crippen molar-refractivity contribution in [2.45, 2.75) is 39.3 Å². The third-order valence-corrected chi connectivity index (χ3v) is 6.19. The third-order valence-electron chi connectivity index (χ3n) is 5.89. The summed E-state index contributed by atoms with van der Waals surface area (Å²) in [5.74, 6) is -0.202. The summed E-state index contributed by atoms with van der Waals surface area (Å²) in [4.78, 5) is 27.3. The molecule has 2 aromatic carbocycles. The van der Waals surface area contributed by atoms with Gasteiger partial charge in [-0.2, -0.15) is 5.21 Å². The number of carboxylic acid groups (broad SMARTS) is 1. The fourth-order valence-corrected chi connectivity index (χ4v) is 4.29. The molecule has 0 saturated heterocycles. The minimum atomic E-state index is -1.14. The molecule has 2 heterocycles. The van der Waals surface area contributed by atoms with Crippen LogP contribution in [-0.4, -0.2) is 60.4 Å². The number of benzene rings is 2. The van der Waals surface area contributed by atoms with E-state index in [1.807, 2.05) is 53.1 Å². The van der Waals surface area contributed by atoms with E-state index < -0.39 is 18.5 Å². The molecular weight excluding hydrogens is 510 g/mol. The first-order valence-electron chi connectivity index (χ1n) is 12.2. The monoisotopic (exact) mass is 537 g/mol. The van der Waals surface area contributed by atoms with Crippen LogP contribution in [0.15, 0.2) is 48.5 Å². The number of imidazole rings is 1. The van der Waals surface area contributed by atoms with Crippen molar-refractivity contribution in [2.24, 2.45) is 0 Å². The lowest BCUT2D eigenvalue weighted by atomic mass is 9.98. The normalized spacial score (nSPS) is 11.0. The zero-order chi connectivity index (χ0) is 26.9. The Morgan fingerprint density at radius 1 is 1.11 bits per heavy atom. The summed E-state index contributed by atoms with van der Waals surface area (Å²) in [5, 5.41) is 26.1. The van der Waals surface area contributed by atoms with Crippen LogP contribution >= 0.6 is 11.6 Å². The molecule has 198 valence electrons. The molecule has 3 N–H and O–H groups in total. The van der Waals surface area contributed by atoms with Gasteiger partial charge in [0, 0.05) is 18.5 Å². The van der Waals surface area contributed by atoms with Crippen molar-refractivity contribution >= 4 is 23.5 Å². The van der Waals surface area contributed by atoms with Gasteiger partial charge in [-0.15, -0.1) is 10.2 Å². The van der Waals surface area contributed by atoms with E-state index in [9.17, 15) is 9.59 Å². The smallest absolute Gasteiger partial charge is 0.329 e. The summed E-state index contributed by atoms with van der Waals surface area (Å²) in [6.45, 7) is 1.88. The van der Waals surface area contributed by atoms with Gasteiger partial charge in [0.05, 0.1) is 12.2 Å². The largest absolute Gasteiger partial charge is 0.480 e. The SMILES string of the molecule is CCCCc1nc(Cl)c(CNC(=O)COCC(=O)O)n1Cc1ccc(-c2ccccc2-c2nn[nH]n2)cc1. The molecule has 0 unspecified atom stereocenters. The molecule has 0 aliphatic heterocycles. The number of hydrogen-bond donors (Lipinski definition) is 3. The van der Waals surface area contributed by atoms with Gasteiger partial charge in [0.25, 0.3) is 0 Å². The fourth-order valence-electron chi connectivity index (χ4n) is 4.03. The van der Waals surface area contributed by atoms with Gasteiger partial charge in [0.1, 0.15) is 19.0 Å². The number of tetrazole rings is 1. The van der Waals surface area contributed by atoms with Crippen molar-refractivity contribution in [3.63, 3.8) is 0 Å². The van der Waals surface area contributed by atoms with Crippen molar-refractivity contribution in [2.75, 3.05) is 13.2 Å². The first-order chi connectivity index (χ1) is 18.5. The average molecular weight is 538 g/mol. The number of hydrogen-bond acceptors (Lipinski definition) is 7. The van der Waals surface area contributed by atoms with Crippen LogP contribution in [0.4, 0.5) is 0 Å². The standard InChI is InChI=1S/C26H28ClN7O4/c1-2-3-8-22-29-25(27)21(13-28-23(35)15-38-16-24(36)37)34(22)14-17-9-11-18(12-10-17)19-6-4-5-7-20(19)26-30-32-33-31-26/h4-7,9-12H,2-3,8,13-16H2,1H3,(H,28,35)(H,36,37)(H,30,31,32,33). The van der Waals surface area contributed by atoms with Gasteiger partial charge in [-0.25, -0.2) is 9.78 Å². The summed E-state index contributed by atoms with van der Waals surface area (Å²) in [6, 6.07) is 16.0. The second-order valence-electron chi connectivity index (χ2n) is 8.60. The number of aromatic amines is 1. The molecule has 38 heavy (non-hydrogen) atoms. The van der Waals surface area contributed by atoms with Crippen LogP contribution in [-0.2, 0) is 33.8 Å². The number of H-pyrrole nitrogens is 1. The Morgan fingerprint density at radius 3 is 2.55 bits per heavy atom. The Labute approximate surface area is 224 Å². The molecule has 1 amide bonds. The van der Waals surface area contributed by atoms with Gasteiger partial charge in [0.2, 0.25) is 11.7 Å². The van der Waals surface area contributed by atoms with Crippen LogP contribution in [0.5, 0.6) is 0 Å². The number of amides is 1. The molecule has 11 nitrogen and oxygen atoms in total. The number of ether oxygens (including phenoxy) is 1. The Balaban J connectivity index is 1.53. The van der Waals surface area contributed by atoms with E-state index in [4.69, 9.17) is 21.4 Å². The maximum absolute atomic E-state index is 12.1. The molecular formula is C26H28ClN7O4. The van der Waals surface area contributed by atoms with Gasteiger partial charge in [-0.3, -0.25) is 4.79 Å². The number of carboxylic acids is 1. The summed E-state index contributed by atoms with van der Waals surface area (Å²) in [7, 11) is 0. The van der Waals surface area contributed by atoms with E-state index in [1.54, 1.807) is 0 Å². The topological polar surface area (TPSA) is 148 Å². The maximum Gasteiger partial charge on any atom is 0.329 e. The van der Waals surface area contributed by atoms with Crippen LogP contribution < -0.4 is 5.32 Å². The van der Waals surface area contributed by atoms with E-state index in [1.165, 1.54) is 0 Å². The number of nitrogens with one attached hydrogen (secondary N) is 2. The van der Waals surface area contributed by atoms with Crippen LogP contribution in [0.1, 0.15) is 36.8 Å². The predicted octanol–water partition coefficient (Wildman–Crippen LogP) is 3.49. The van der Waals surface area contributed by atoms with Crippen LogP contribution in [0.25, 0.3) is 22.5 Å². The molecule has 0 fully saturated rings. The first-order valence-corrected chi connectivity index (χ1v) is 12.6. The highest BCUT2D eigenvalue weighted by molar-refractivity contribution is 6.30. The molecule has 0 bridgehead atoms. The van der Waals surface area contributed by atoms with Crippen molar-refractivity contribution in [1.82, 2.24) is 35.5 Å². The Kier molecular flexibility index (Phi) is 9.17. The molecule has 0 spiro atoms. The number of aliphatic carboxylic acids is 1. The van der Waals surface area contributed by atoms with E-state index >= 15 is 0 Å². The Morgan fingerprint density at radius 2 is 1.87 bits per heavy atom. The molecule has 0 saturated carbocycles. The minimum absolute atomic E-state index is 0.142. The lowest BCUT2D eigenvalue weighted by Gasteiger charge is -2.14. The second kappa shape index (κ2) is 12.9. The van der Waals surface area contributed by atoms with E-state index in [0.717, 1.165) is 47.3 Å². The Bertz CT molecular complexity index is 1370. The van der Waals surface area contributed by atoms with Gasteiger partial charge in [-0.05, 0) is 28.3 Å². The number of rotatable bonds is 13. The molecule has 0 aliphatic rings. The number of carbonyl (C=O) groups is 2. The predicted molar refractivity (Wildman–Crippen MR) is 140 cm³/mol. The minimum Gasteiger partial charge on any atom is -0.480 e. The highest BCUT2D eigenvalue weighted by Crippen LogP contribution is 2.30. The molecule has 2 aromatic heterocycles. The molecule has 0 atom stereocenters. The number of unbranched alkanes of at least 4 members (excludes halogenated alkanes) is 1. The van der Waals surface area contributed by atoms with Crippen molar-refractivity contribution in [3.8, 4) is 22.5 Å². The van der Waals surface area contributed by atoms with Crippen LogP contribution in [0, 0.1) is 0 Å². The average Bonchev–Trinajstić information content (AvgIpc) is 3.55. The lowest BCUT2D eigenvalue weighted by Crippen LogP contribution is -2.29. The zero-order valence-electron chi connectivity index (χ0n) is 20.9. The number of halogens is 1. The van der Waals surface area contributed by atoms with Gasteiger partial charge in [-0.1, -0.05) is 73.5 Å². The van der Waals surface area contributed by atoms with E-state index in [2.05, 4.69) is 37.8 Å². The molecule has 0 radical (unpaired) electrons. The summed E-state index contributed by atoms with van der Waals surface area (Å²) in [6.07, 6.45) is 2.71. The van der Waals surface area contributed by atoms with E-state index in [0.29, 0.717) is 23.2 Å². The summed E-state index contributed by atoms with van der Waals surface area (Å²) in [5.41, 5.74) is 4.59. The second-order valence-corrected chi connectivity index (χ2v) is 8.95. The highest BCUT2D eigenvalue weighted by atomic mass is 35.5. The summed E-state index contributed by atoms with van der Waals surface area (Å²) < 4.78 is 6.89. The maximum atomic E-state index is 12.1. The Hall–Kier alpha value is -4.09. The van der Waals surface area contributed by atoms with Crippen molar-refractivity contribution in [1.29, 1.82) is 0 Å². The van der Waals surface area contributed by atoms with Crippen molar-refractivity contribution in [3.05, 3.63) is 70.8 Å². The first kappa shape index (κ1) is 27.0. The quantitative estimate of drug-likeness (QED) is 0.235. The van der Waals surface area contributed by atoms with Crippen LogP contribution in [0.2, 0.25) is 5.15 Å². The molecule has 4 aromatic rings. The van der Waals surface area contributed by atoms with E-state index in [-0.39, 0.29) is 13.2 Å². The number of carbonyl (C=O) groups excluding carboxylic acids is 1.